The Balaban J connectivity index is 1.93. The largest absolute Gasteiger partial charge is 0.491 e. The zero-order valence-corrected chi connectivity index (χ0v) is 12.9. The highest BCUT2D eigenvalue weighted by atomic mass is 16.5. The van der Waals surface area contributed by atoms with Gasteiger partial charge in [-0.2, -0.15) is 0 Å². The van der Waals surface area contributed by atoms with Gasteiger partial charge in [0, 0.05) is 24.9 Å². The van der Waals surface area contributed by atoms with Crippen molar-refractivity contribution in [2.24, 2.45) is 11.8 Å². The van der Waals surface area contributed by atoms with Gasteiger partial charge >= 0.3 is 0 Å². The number of methoxy groups -OCH3 is 1. The molecule has 3 heteroatoms. The molecule has 3 nitrogen and oxygen atoms in total. The molecule has 0 saturated heterocycles. The zero-order chi connectivity index (χ0) is 14.4. The van der Waals surface area contributed by atoms with E-state index in [9.17, 15) is 0 Å². The summed E-state index contributed by atoms with van der Waals surface area (Å²) in [6.45, 7) is 5.92. The molecule has 1 aromatic rings. The van der Waals surface area contributed by atoms with Crippen LogP contribution < -0.4 is 10.1 Å². The Kier molecular flexibility index (Phi) is 5.72. The maximum Gasteiger partial charge on any atom is 0.121 e. The fourth-order valence-corrected chi connectivity index (χ4v) is 2.87. The maximum absolute atomic E-state index is 5.66. The molecule has 112 valence electrons. The lowest BCUT2D eigenvalue weighted by molar-refractivity contribution is 0.146. The minimum atomic E-state index is 0.577. The van der Waals surface area contributed by atoms with Gasteiger partial charge in [-0.25, -0.2) is 0 Å². The van der Waals surface area contributed by atoms with E-state index >= 15 is 0 Å². The fraction of sp³-hybridized carbons (Fsp3) is 0.647. The summed E-state index contributed by atoms with van der Waals surface area (Å²) in [5, 5.41) is 3.68. The van der Waals surface area contributed by atoms with Crippen LogP contribution >= 0.6 is 0 Å². The third kappa shape index (κ3) is 4.41. The number of hydrogen-bond donors (Lipinski definition) is 1. The van der Waals surface area contributed by atoms with Gasteiger partial charge in [0.2, 0.25) is 0 Å². The van der Waals surface area contributed by atoms with Gasteiger partial charge < -0.3 is 14.8 Å². The average Bonchev–Trinajstić information content (AvgIpc) is 2.44. The van der Waals surface area contributed by atoms with E-state index in [0.717, 1.165) is 23.3 Å². The van der Waals surface area contributed by atoms with Crippen LogP contribution in [0.15, 0.2) is 24.3 Å². The summed E-state index contributed by atoms with van der Waals surface area (Å²) in [4.78, 5) is 0. The Morgan fingerprint density at radius 2 is 2.05 bits per heavy atom. The summed E-state index contributed by atoms with van der Waals surface area (Å²) in [5.41, 5.74) is 1.16. The SMILES string of the molecule is COCCOc1cccc(NC2CC(C)CCC2C)c1. The molecule has 1 aliphatic rings. The second-order valence-corrected chi connectivity index (χ2v) is 6.02. The smallest absolute Gasteiger partial charge is 0.121 e. The lowest BCUT2D eigenvalue weighted by Crippen LogP contribution is -2.33. The molecule has 1 fully saturated rings. The van der Waals surface area contributed by atoms with Crippen LogP contribution in [0.5, 0.6) is 5.75 Å². The van der Waals surface area contributed by atoms with Crippen LogP contribution in [-0.2, 0) is 4.74 Å². The van der Waals surface area contributed by atoms with E-state index in [1.165, 1.54) is 19.3 Å². The van der Waals surface area contributed by atoms with Gasteiger partial charge in [0.15, 0.2) is 0 Å². The minimum absolute atomic E-state index is 0.577. The van der Waals surface area contributed by atoms with Crippen molar-refractivity contribution in [1.29, 1.82) is 0 Å². The molecule has 3 unspecified atom stereocenters. The number of ether oxygens (including phenoxy) is 2. The molecule has 1 aromatic carbocycles. The zero-order valence-electron chi connectivity index (χ0n) is 12.9. The Hall–Kier alpha value is -1.22. The third-order valence-corrected chi connectivity index (χ3v) is 4.20. The molecule has 1 saturated carbocycles. The summed E-state index contributed by atoms with van der Waals surface area (Å²) in [5.74, 6) is 2.47. The van der Waals surface area contributed by atoms with Gasteiger partial charge in [-0.3, -0.25) is 0 Å². The van der Waals surface area contributed by atoms with Crippen LogP contribution in [0.25, 0.3) is 0 Å². The highest BCUT2D eigenvalue weighted by Gasteiger charge is 2.25. The topological polar surface area (TPSA) is 30.5 Å². The predicted octanol–water partition coefficient (Wildman–Crippen LogP) is 3.95. The first-order valence-corrected chi connectivity index (χ1v) is 7.67. The lowest BCUT2D eigenvalue weighted by atomic mass is 9.80. The maximum atomic E-state index is 5.66. The predicted molar refractivity (Wildman–Crippen MR) is 83.4 cm³/mol. The molecule has 0 aromatic heterocycles. The molecule has 0 aliphatic heterocycles. The molecule has 1 aliphatic carbocycles. The van der Waals surface area contributed by atoms with Crippen molar-refractivity contribution in [2.75, 3.05) is 25.6 Å². The summed E-state index contributed by atoms with van der Waals surface area (Å²) >= 11 is 0. The standard InChI is InChI=1S/C17H27NO2/c1-13-7-8-14(2)17(11-13)18-15-5-4-6-16(12-15)20-10-9-19-3/h4-6,12-14,17-18H,7-11H2,1-3H3. The first-order valence-electron chi connectivity index (χ1n) is 7.67. The van der Waals surface area contributed by atoms with Crippen molar-refractivity contribution in [3.63, 3.8) is 0 Å². The number of nitrogens with one attached hydrogen (secondary N) is 1. The Labute approximate surface area is 122 Å². The third-order valence-electron chi connectivity index (χ3n) is 4.20. The van der Waals surface area contributed by atoms with Crippen LogP contribution in [-0.4, -0.2) is 26.4 Å². The Morgan fingerprint density at radius 1 is 1.20 bits per heavy atom. The van der Waals surface area contributed by atoms with Gasteiger partial charge in [0.05, 0.1) is 6.61 Å². The molecular weight excluding hydrogens is 250 g/mol. The summed E-state index contributed by atoms with van der Waals surface area (Å²) in [6, 6.07) is 8.82. The van der Waals surface area contributed by atoms with Gasteiger partial charge in [0.25, 0.3) is 0 Å². The molecule has 0 bridgehead atoms. The van der Waals surface area contributed by atoms with E-state index < -0.39 is 0 Å². The number of benzene rings is 1. The average molecular weight is 277 g/mol. The van der Waals surface area contributed by atoms with E-state index in [1.807, 2.05) is 12.1 Å². The lowest BCUT2D eigenvalue weighted by Gasteiger charge is -2.34. The van der Waals surface area contributed by atoms with E-state index in [2.05, 4.69) is 31.3 Å². The van der Waals surface area contributed by atoms with Crippen LogP contribution in [0.3, 0.4) is 0 Å². The molecule has 0 amide bonds. The highest BCUT2D eigenvalue weighted by Crippen LogP contribution is 2.31. The summed E-state index contributed by atoms with van der Waals surface area (Å²) in [6.07, 6.45) is 3.94. The van der Waals surface area contributed by atoms with E-state index in [4.69, 9.17) is 9.47 Å². The van der Waals surface area contributed by atoms with Crippen molar-refractivity contribution >= 4 is 5.69 Å². The van der Waals surface area contributed by atoms with Crippen molar-refractivity contribution in [3.8, 4) is 5.75 Å². The first-order chi connectivity index (χ1) is 9.69. The van der Waals surface area contributed by atoms with Crippen molar-refractivity contribution in [3.05, 3.63) is 24.3 Å². The molecular formula is C17H27NO2. The fourth-order valence-electron chi connectivity index (χ4n) is 2.87. The van der Waals surface area contributed by atoms with E-state index in [0.29, 0.717) is 19.3 Å². The second kappa shape index (κ2) is 7.53. The van der Waals surface area contributed by atoms with Gasteiger partial charge in [0.1, 0.15) is 12.4 Å². The quantitative estimate of drug-likeness (QED) is 0.799. The summed E-state index contributed by atoms with van der Waals surface area (Å²) < 4.78 is 10.7. The van der Waals surface area contributed by atoms with Crippen molar-refractivity contribution in [1.82, 2.24) is 0 Å². The normalized spacial score (nSPS) is 26.2. The van der Waals surface area contributed by atoms with E-state index in [1.54, 1.807) is 7.11 Å². The Morgan fingerprint density at radius 3 is 2.85 bits per heavy atom. The number of hydrogen-bond acceptors (Lipinski definition) is 3. The van der Waals surface area contributed by atoms with Crippen LogP contribution in [0.2, 0.25) is 0 Å². The molecule has 0 heterocycles. The molecule has 0 spiro atoms. The number of anilines is 1. The molecule has 3 atom stereocenters. The molecule has 2 rings (SSSR count). The first kappa shape index (κ1) is 15.2. The van der Waals surface area contributed by atoms with Gasteiger partial charge in [-0.15, -0.1) is 0 Å². The van der Waals surface area contributed by atoms with Crippen LogP contribution in [0.1, 0.15) is 33.1 Å². The highest BCUT2D eigenvalue weighted by molar-refractivity contribution is 5.49. The van der Waals surface area contributed by atoms with Crippen molar-refractivity contribution in [2.45, 2.75) is 39.2 Å². The Bertz CT molecular complexity index is 408. The molecule has 20 heavy (non-hydrogen) atoms. The van der Waals surface area contributed by atoms with Crippen molar-refractivity contribution < 1.29 is 9.47 Å². The second-order valence-electron chi connectivity index (χ2n) is 6.02. The van der Waals surface area contributed by atoms with Crippen LogP contribution in [0, 0.1) is 11.8 Å². The van der Waals surface area contributed by atoms with E-state index in [-0.39, 0.29) is 0 Å². The number of rotatable bonds is 6. The van der Waals surface area contributed by atoms with Crippen LogP contribution in [0.4, 0.5) is 5.69 Å². The molecule has 0 radical (unpaired) electrons. The van der Waals surface area contributed by atoms with Gasteiger partial charge in [-0.1, -0.05) is 26.3 Å². The monoisotopic (exact) mass is 277 g/mol. The summed E-state index contributed by atoms with van der Waals surface area (Å²) in [7, 11) is 1.69. The minimum Gasteiger partial charge on any atom is -0.491 e. The molecule has 1 N–H and O–H groups in total. The van der Waals surface area contributed by atoms with Gasteiger partial charge in [-0.05, 0) is 36.8 Å².